The van der Waals surface area contributed by atoms with Gasteiger partial charge in [-0.3, -0.25) is 4.79 Å². The number of hydrogen-bond acceptors (Lipinski definition) is 3. The van der Waals surface area contributed by atoms with Gasteiger partial charge in [0.2, 0.25) is 5.91 Å². The molecule has 1 amide bonds. The van der Waals surface area contributed by atoms with Gasteiger partial charge in [0.05, 0.1) is 11.4 Å². The number of aryl methyl sites for hydroxylation is 1. The molecule has 0 N–H and O–H groups in total. The smallest absolute Gasteiger partial charge is 0.228 e. The van der Waals surface area contributed by atoms with Crippen LogP contribution in [0.3, 0.4) is 0 Å². The molecular weight excluding hydrogens is 370 g/mol. The van der Waals surface area contributed by atoms with E-state index >= 15 is 0 Å². The molecule has 0 spiro atoms. The fourth-order valence-corrected chi connectivity index (χ4v) is 5.43. The molecular formula is C23H21NO3S. The van der Waals surface area contributed by atoms with Gasteiger partial charge in [-0.15, -0.1) is 0 Å². The Labute approximate surface area is 165 Å². The van der Waals surface area contributed by atoms with Crippen molar-refractivity contribution in [1.82, 2.24) is 0 Å². The van der Waals surface area contributed by atoms with Gasteiger partial charge >= 0.3 is 0 Å². The predicted octanol–water partition coefficient (Wildman–Crippen LogP) is 4.45. The van der Waals surface area contributed by atoms with Crippen molar-refractivity contribution >= 4 is 21.4 Å². The number of fused-ring (bicyclic) bond motifs is 1. The predicted molar refractivity (Wildman–Crippen MR) is 110 cm³/mol. The van der Waals surface area contributed by atoms with Gasteiger partial charge in [-0.1, -0.05) is 66.2 Å². The topological polar surface area (TPSA) is 54.5 Å². The van der Waals surface area contributed by atoms with Gasteiger partial charge in [0.15, 0.2) is 9.84 Å². The first-order chi connectivity index (χ1) is 13.5. The number of amides is 1. The van der Waals surface area contributed by atoms with E-state index in [-0.39, 0.29) is 17.2 Å². The lowest BCUT2D eigenvalue weighted by Gasteiger charge is -2.34. The summed E-state index contributed by atoms with van der Waals surface area (Å²) in [4.78, 5) is 14.9. The minimum Gasteiger partial charge on any atom is -0.308 e. The third-order valence-electron chi connectivity index (χ3n) is 5.11. The Morgan fingerprint density at radius 3 is 2.25 bits per heavy atom. The summed E-state index contributed by atoms with van der Waals surface area (Å²) < 4.78 is 26.6. The van der Waals surface area contributed by atoms with Crippen LogP contribution in [0.25, 0.3) is 0 Å². The van der Waals surface area contributed by atoms with Gasteiger partial charge in [-0.05, 0) is 36.2 Å². The van der Waals surface area contributed by atoms with Crippen LogP contribution >= 0.6 is 0 Å². The number of rotatable bonds is 4. The minimum absolute atomic E-state index is 0.0550. The maximum atomic E-state index is 13.3. The molecule has 4 rings (SSSR count). The monoisotopic (exact) mass is 391 g/mol. The van der Waals surface area contributed by atoms with Crippen LogP contribution in [-0.4, -0.2) is 14.3 Å². The molecule has 1 atom stereocenters. The Morgan fingerprint density at radius 2 is 1.57 bits per heavy atom. The van der Waals surface area contributed by atoms with Crippen molar-refractivity contribution in [3.63, 3.8) is 0 Å². The summed E-state index contributed by atoms with van der Waals surface area (Å²) in [5.74, 6) is -0.176. The molecule has 0 fully saturated rings. The van der Waals surface area contributed by atoms with Crippen molar-refractivity contribution in [2.24, 2.45) is 0 Å². The molecule has 142 valence electrons. The number of hydrogen-bond donors (Lipinski definition) is 0. The maximum Gasteiger partial charge on any atom is 0.228 e. The highest BCUT2D eigenvalue weighted by molar-refractivity contribution is 7.91. The summed E-state index contributed by atoms with van der Waals surface area (Å²) in [6.45, 7) is 2.36. The standard InChI is InChI=1S/C23H21NO3S/c1-17-12-13-21-20(14-17)22(28(26,27)19-10-6-3-7-11-19)15-23(25)24(21)16-18-8-4-2-5-9-18/h2-14,22H,15-16H2,1H3/t22-/m0/s1. The van der Waals surface area contributed by atoms with E-state index in [0.717, 1.165) is 11.1 Å². The Hall–Kier alpha value is -2.92. The Morgan fingerprint density at radius 1 is 0.929 bits per heavy atom. The Balaban J connectivity index is 1.80. The molecule has 0 aromatic heterocycles. The van der Waals surface area contributed by atoms with Crippen molar-refractivity contribution < 1.29 is 13.2 Å². The van der Waals surface area contributed by atoms with Gasteiger partial charge in [0.1, 0.15) is 5.25 Å². The summed E-state index contributed by atoms with van der Waals surface area (Å²) in [5.41, 5.74) is 3.35. The first-order valence-electron chi connectivity index (χ1n) is 9.20. The fraction of sp³-hybridized carbons (Fsp3) is 0.174. The van der Waals surface area contributed by atoms with E-state index in [1.54, 1.807) is 35.2 Å². The molecule has 0 bridgehead atoms. The molecule has 1 heterocycles. The second-order valence-electron chi connectivity index (χ2n) is 7.08. The van der Waals surface area contributed by atoms with Crippen molar-refractivity contribution in [2.75, 3.05) is 4.90 Å². The quantitative estimate of drug-likeness (QED) is 0.660. The zero-order valence-electron chi connectivity index (χ0n) is 15.6. The average Bonchev–Trinajstić information content (AvgIpc) is 2.71. The Bertz CT molecular complexity index is 1110. The van der Waals surface area contributed by atoms with E-state index in [9.17, 15) is 13.2 Å². The van der Waals surface area contributed by atoms with Crippen LogP contribution in [0.5, 0.6) is 0 Å². The van der Waals surface area contributed by atoms with Crippen LogP contribution < -0.4 is 4.90 Å². The van der Waals surface area contributed by atoms with Crippen molar-refractivity contribution in [3.8, 4) is 0 Å². The third kappa shape index (κ3) is 3.34. The van der Waals surface area contributed by atoms with Crippen molar-refractivity contribution in [1.29, 1.82) is 0 Å². The second-order valence-corrected chi connectivity index (χ2v) is 9.21. The molecule has 0 radical (unpaired) electrons. The third-order valence-corrected chi connectivity index (χ3v) is 7.21. The molecule has 0 unspecified atom stereocenters. The van der Waals surface area contributed by atoms with Crippen LogP contribution in [0.15, 0.2) is 83.8 Å². The van der Waals surface area contributed by atoms with Gasteiger partial charge in [0.25, 0.3) is 0 Å². The number of anilines is 1. The molecule has 3 aromatic rings. The van der Waals surface area contributed by atoms with E-state index in [1.807, 2.05) is 55.5 Å². The SMILES string of the molecule is Cc1ccc2c(c1)[C@@H](S(=O)(=O)c1ccccc1)CC(=O)N2Cc1ccccc1. The highest BCUT2D eigenvalue weighted by atomic mass is 32.2. The summed E-state index contributed by atoms with van der Waals surface area (Å²) >= 11 is 0. The summed E-state index contributed by atoms with van der Waals surface area (Å²) in [6.07, 6.45) is -0.0550. The number of carbonyl (C=O) groups is 1. The molecule has 0 saturated carbocycles. The zero-order valence-corrected chi connectivity index (χ0v) is 16.4. The highest BCUT2D eigenvalue weighted by Crippen LogP contribution is 2.42. The van der Waals surface area contributed by atoms with Crippen molar-refractivity contribution in [2.45, 2.75) is 30.0 Å². The molecule has 28 heavy (non-hydrogen) atoms. The van der Waals surface area contributed by atoms with E-state index in [1.165, 1.54) is 0 Å². The zero-order chi connectivity index (χ0) is 19.7. The van der Waals surface area contributed by atoms with Gasteiger partial charge in [-0.25, -0.2) is 8.42 Å². The number of nitrogens with zero attached hydrogens (tertiary/aromatic N) is 1. The first-order valence-corrected chi connectivity index (χ1v) is 10.8. The van der Waals surface area contributed by atoms with E-state index < -0.39 is 15.1 Å². The lowest BCUT2D eigenvalue weighted by atomic mass is 9.98. The molecule has 4 nitrogen and oxygen atoms in total. The van der Waals surface area contributed by atoms with Crippen LogP contribution in [0.2, 0.25) is 0 Å². The van der Waals surface area contributed by atoms with Gasteiger partial charge < -0.3 is 4.90 Å². The summed E-state index contributed by atoms with van der Waals surface area (Å²) in [5, 5.41) is -0.871. The molecule has 3 aromatic carbocycles. The molecule has 1 aliphatic rings. The summed E-state index contributed by atoms with van der Waals surface area (Å²) in [6, 6.07) is 23.8. The fourth-order valence-electron chi connectivity index (χ4n) is 3.68. The highest BCUT2D eigenvalue weighted by Gasteiger charge is 2.39. The number of carbonyl (C=O) groups excluding carboxylic acids is 1. The normalized spacial score (nSPS) is 16.7. The average molecular weight is 391 g/mol. The van der Waals surface area contributed by atoms with Crippen LogP contribution in [0.1, 0.15) is 28.4 Å². The van der Waals surface area contributed by atoms with E-state index in [2.05, 4.69) is 0 Å². The van der Waals surface area contributed by atoms with E-state index in [4.69, 9.17) is 0 Å². The number of benzene rings is 3. The Kier molecular flexibility index (Phi) is 4.77. The molecule has 1 aliphatic heterocycles. The summed E-state index contributed by atoms with van der Waals surface area (Å²) in [7, 11) is -3.67. The molecule has 5 heteroatoms. The largest absolute Gasteiger partial charge is 0.308 e. The molecule has 0 saturated heterocycles. The lowest BCUT2D eigenvalue weighted by Crippen LogP contribution is -2.38. The van der Waals surface area contributed by atoms with Crippen LogP contribution in [0.4, 0.5) is 5.69 Å². The lowest BCUT2D eigenvalue weighted by molar-refractivity contribution is -0.119. The first kappa shape index (κ1) is 18.4. The van der Waals surface area contributed by atoms with E-state index in [0.29, 0.717) is 17.8 Å². The number of sulfone groups is 1. The second kappa shape index (κ2) is 7.24. The maximum absolute atomic E-state index is 13.3. The van der Waals surface area contributed by atoms with Gasteiger partial charge in [0, 0.05) is 12.1 Å². The van der Waals surface area contributed by atoms with Gasteiger partial charge in [-0.2, -0.15) is 0 Å². The van der Waals surface area contributed by atoms with Crippen LogP contribution in [0, 0.1) is 6.92 Å². The van der Waals surface area contributed by atoms with Crippen LogP contribution in [-0.2, 0) is 21.2 Å². The minimum atomic E-state index is -3.67. The van der Waals surface area contributed by atoms with Crippen molar-refractivity contribution in [3.05, 3.63) is 95.6 Å². The molecule has 0 aliphatic carbocycles.